The predicted molar refractivity (Wildman–Crippen MR) is 82.1 cm³/mol. The van der Waals surface area contributed by atoms with Crippen molar-refractivity contribution in [3.05, 3.63) is 11.4 Å². The molecular weight excluding hydrogens is 298 g/mol. The molecule has 1 aromatic rings. The number of hydrogen-bond donors (Lipinski definition) is 1. The third kappa shape index (κ3) is 3.04. The van der Waals surface area contributed by atoms with Crippen LogP contribution in [0.3, 0.4) is 0 Å². The monoisotopic (exact) mass is 321 g/mol. The van der Waals surface area contributed by atoms with E-state index in [0.29, 0.717) is 24.8 Å². The number of carbonyl (C=O) groups is 2. The molecule has 1 aliphatic heterocycles. The first-order chi connectivity index (χ1) is 10.9. The lowest BCUT2D eigenvalue weighted by Crippen LogP contribution is -2.34. The van der Waals surface area contributed by atoms with E-state index >= 15 is 0 Å². The Morgan fingerprint density at radius 3 is 2.52 bits per heavy atom. The van der Waals surface area contributed by atoms with Crippen LogP contribution in [0.5, 0.6) is 5.75 Å². The lowest BCUT2D eigenvalue weighted by molar-refractivity contribution is -0.142. The van der Waals surface area contributed by atoms with Gasteiger partial charge in [0, 0.05) is 20.1 Å². The number of carboxylic acid groups (broad SMARTS) is 1. The first kappa shape index (κ1) is 15.8. The van der Waals surface area contributed by atoms with Gasteiger partial charge in [0.2, 0.25) is 0 Å². The van der Waals surface area contributed by atoms with E-state index in [1.165, 1.54) is 0 Å². The number of amides is 1. The fraction of sp³-hybridized carbons (Fsp3) is 0.688. The van der Waals surface area contributed by atoms with Crippen molar-refractivity contribution in [3.63, 3.8) is 0 Å². The summed E-state index contributed by atoms with van der Waals surface area (Å²) in [4.78, 5) is 25.4. The molecule has 1 aliphatic carbocycles. The minimum absolute atomic E-state index is 0.0723. The van der Waals surface area contributed by atoms with Crippen molar-refractivity contribution in [1.29, 1.82) is 0 Å². The Bertz CT molecular complexity index is 636. The topological polar surface area (TPSA) is 84.7 Å². The van der Waals surface area contributed by atoms with Gasteiger partial charge in [-0.1, -0.05) is 0 Å². The maximum atomic E-state index is 12.4. The first-order valence-electron chi connectivity index (χ1n) is 8.02. The molecule has 0 radical (unpaired) electrons. The van der Waals surface area contributed by atoms with Gasteiger partial charge in [0.05, 0.1) is 11.6 Å². The highest BCUT2D eigenvalue weighted by Crippen LogP contribution is 2.44. The third-order valence-corrected chi connectivity index (χ3v) is 5.05. The van der Waals surface area contributed by atoms with Gasteiger partial charge in [-0.3, -0.25) is 14.3 Å². The van der Waals surface area contributed by atoms with Gasteiger partial charge < -0.3 is 14.7 Å². The maximum Gasteiger partial charge on any atom is 0.308 e. The van der Waals surface area contributed by atoms with Crippen molar-refractivity contribution in [1.82, 2.24) is 14.7 Å². The summed E-state index contributed by atoms with van der Waals surface area (Å²) in [7, 11) is 1.83. The van der Waals surface area contributed by atoms with Crippen LogP contribution in [0.15, 0.2) is 0 Å². The highest BCUT2D eigenvalue weighted by atomic mass is 16.5. The second-order valence-electron chi connectivity index (χ2n) is 6.66. The Balaban J connectivity index is 1.61. The largest absolute Gasteiger partial charge is 0.481 e. The Labute approximate surface area is 135 Å². The SMILES string of the molecule is Cc1nn(C)c(C)c1OCC(=O)N1C[C@H](C(=O)O)[C@@H](C2CC2)C1. The summed E-state index contributed by atoms with van der Waals surface area (Å²) >= 11 is 0. The minimum atomic E-state index is -0.794. The van der Waals surface area contributed by atoms with Crippen molar-refractivity contribution < 1.29 is 19.4 Å². The maximum absolute atomic E-state index is 12.4. The number of hydrogen-bond acceptors (Lipinski definition) is 4. The summed E-state index contributed by atoms with van der Waals surface area (Å²) < 4.78 is 7.36. The summed E-state index contributed by atoms with van der Waals surface area (Å²) in [5.41, 5.74) is 1.62. The molecule has 1 saturated heterocycles. The summed E-state index contributed by atoms with van der Waals surface area (Å²) in [6.45, 7) is 4.49. The molecule has 23 heavy (non-hydrogen) atoms. The van der Waals surface area contributed by atoms with Crippen LogP contribution in [0.1, 0.15) is 24.2 Å². The molecule has 2 aliphatic rings. The van der Waals surface area contributed by atoms with Gasteiger partial charge in [-0.2, -0.15) is 5.10 Å². The molecule has 126 valence electrons. The van der Waals surface area contributed by atoms with E-state index < -0.39 is 11.9 Å². The van der Waals surface area contributed by atoms with Crippen LogP contribution >= 0.6 is 0 Å². The highest BCUT2D eigenvalue weighted by molar-refractivity contribution is 5.80. The molecule has 2 heterocycles. The number of rotatable bonds is 5. The van der Waals surface area contributed by atoms with Crippen LogP contribution in [-0.2, 0) is 16.6 Å². The van der Waals surface area contributed by atoms with Crippen LogP contribution in [0.4, 0.5) is 0 Å². The second-order valence-corrected chi connectivity index (χ2v) is 6.66. The van der Waals surface area contributed by atoms with E-state index in [4.69, 9.17) is 4.74 Å². The van der Waals surface area contributed by atoms with Gasteiger partial charge >= 0.3 is 5.97 Å². The van der Waals surface area contributed by atoms with E-state index in [2.05, 4.69) is 5.10 Å². The molecule has 7 nitrogen and oxygen atoms in total. The van der Waals surface area contributed by atoms with Gasteiger partial charge in [0.1, 0.15) is 5.69 Å². The molecule has 1 amide bonds. The van der Waals surface area contributed by atoms with Crippen molar-refractivity contribution in [2.24, 2.45) is 24.8 Å². The van der Waals surface area contributed by atoms with Gasteiger partial charge in [-0.25, -0.2) is 0 Å². The third-order valence-electron chi connectivity index (χ3n) is 5.05. The molecule has 3 rings (SSSR count). The fourth-order valence-corrected chi connectivity index (χ4v) is 3.48. The average molecular weight is 321 g/mol. The lowest BCUT2D eigenvalue weighted by Gasteiger charge is -2.16. The number of aliphatic carboxylic acids is 1. The number of likely N-dealkylation sites (tertiary alicyclic amines) is 1. The zero-order valence-electron chi connectivity index (χ0n) is 13.8. The molecule has 1 aromatic heterocycles. The second kappa shape index (κ2) is 5.86. The molecule has 2 atom stereocenters. The van der Waals surface area contributed by atoms with Gasteiger partial charge in [0.25, 0.3) is 5.91 Å². The van der Waals surface area contributed by atoms with Crippen LogP contribution < -0.4 is 4.74 Å². The summed E-state index contributed by atoms with van der Waals surface area (Å²) in [5.74, 6) is -0.183. The standard InChI is InChI=1S/C16H23N3O4/c1-9-15(10(2)18(3)17-9)23-8-14(20)19-6-12(11-4-5-11)13(7-19)16(21)22/h11-13H,4-8H2,1-3H3,(H,21,22)/t12-,13+/m1/s1. The van der Waals surface area contributed by atoms with Crippen LogP contribution in [0, 0.1) is 31.6 Å². The molecule has 7 heteroatoms. The van der Waals surface area contributed by atoms with Gasteiger partial charge in [-0.15, -0.1) is 0 Å². The number of aryl methyl sites for hydroxylation is 2. The number of carbonyl (C=O) groups excluding carboxylic acids is 1. The van der Waals surface area contributed by atoms with Crippen molar-refractivity contribution >= 4 is 11.9 Å². The summed E-state index contributed by atoms with van der Waals surface area (Å²) in [6.07, 6.45) is 2.17. The smallest absolute Gasteiger partial charge is 0.308 e. The Kier molecular flexibility index (Phi) is 4.04. The van der Waals surface area contributed by atoms with Crippen molar-refractivity contribution in [2.75, 3.05) is 19.7 Å². The summed E-state index contributed by atoms with van der Waals surface area (Å²) in [5, 5.41) is 13.6. The van der Waals surface area contributed by atoms with Crippen LogP contribution in [0.25, 0.3) is 0 Å². The zero-order valence-corrected chi connectivity index (χ0v) is 13.8. The molecule has 2 fully saturated rings. The zero-order chi connectivity index (χ0) is 16.7. The molecule has 0 spiro atoms. The Morgan fingerprint density at radius 1 is 1.30 bits per heavy atom. The van der Waals surface area contributed by atoms with E-state index in [1.54, 1.807) is 9.58 Å². The number of ether oxygens (including phenoxy) is 1. The minimum Gasteiger partial charge on any atom is -0.481 e. The number of aromatic nitrogens is 2. The summed E-state index contributed by atoms with van der Waals surface area (Å²) in [6, 6.07) is 0. The highest BCUT2D eigenvalue weighted by Gasteiger charge is 2.46. The Morgan fingerprint density at radius 2 is 2.00 bits per heavy atom. The molecule has 1 saturated carbocycles. The van der Waals surface area contributed by atoms with E-state index in [1.807, 2.05) is 20.9 Å². The lowest BCUT2D eigenvalue weighted by atomic mass is 9.92. The van der Waals surface area contributed by atoms with E-state index in [-0.39, 0.29) is 18.4 Å². The van der Waals surface area contributed by atoms with Crippen molar-refractivity contribution in [3.8, 4) is 5.75 Å². The molecule has 0 unspecified atom stereocenters. The van der Waals surface area contributed by atoms with E-state index in [0.717, 1.165) is 24.2 Å². The van der Waals surface area contributed by atoms with Crippen LogP contribution in [-0.4, -0.2) is 51.4 Å². The normalized spacial score (nSPS) is 24.0. The van der Waals surface area contributed by atoms with Gasteiger partial charge in [0.15, 0.2) is 12.4 Å². The molecule has 0 aromatic carbocycles. The fourth-order valence-electron chi connectivity index (χ4n) is 3.48. The van der Waals surface area contributed by atoms with Crippen LogP contribution in [0.2, 0.25) is 0 Å². The average Bonchev–Trinajstić information content (AvgIpc) is 3.18. The molecule has 1 N–H and O–H groups in total. The van der Waals surface area contributed by atoms with Gasteiger partial charge in [-0.05, 0) is 38.5 Å². The first-order valence-corrected chi connectivity index (χ1v) is 8.02. The Hall–Kier alpha value is -2.05. The quantitative estimate of drug-likeness (QED) is 0.874. The predicted octanol–water partition coefficient (Wildman–Crippen LogP) is 0.985. The number of nitrogens with zero attached hydrogens (tertiary/aromatic N) is 3. The molecule has 0 bridgehead atoms. The van der Waals surface area contributed by atoms with E-state index in [9.17, 15) is 14.7 Å². The van der Waals surface area contributed by atoms with Crippen molar-refractivity contribution in [2.45, 2.75) is 26.7 Å². The number of carboxylic acids is 1. The molecular formula is C16H23N3O4.